The van der Waals surface area contributed by atoms with Gasteiger partial charge in [-0.05, 0) is 37.9 Å². The fourth-order valence-corrected chi connectivity index (χ4v) is 2.98. The average Bonchev–Trinajstić information content (AvgIpc) is 2.39. The Labute approximate surface area is 130 Å². The average molecular weight is 316 g/mol. The van der Waals surface area contributed by atoms with Crippen molar-refractivity contribution in [3.05, 3.63) is 23.2 Å². The number of hydrogen-bond donors (Lipinski definition) is 2. The molecule has 1 aromatic rings. The second kappa shape index (κ2) is 8.39. The van der Waals surface area contributed by atoms with Crippen LogP contribution in [0.1, 0.15) is 13.3 Å². The lowest BCUT2D eigenvalue weighted by Gasteiger charge is -2.26. The summed E-state index contributed by atoms with van der Waals surface area (Å²) in [5.41, 5.74) is 6.89. The summed E-state index contributed by atoms with van der Waals surface area (Å²) in [6.45, 7) is 2.47. The largest absolute Gasteiger partial charge is 0.397 e. The number of carbonyl (C=O) groups excluding carboxylic acids is 1. The van der Waals surface area contributed by atoms with Crippen molar-refractivity contribution in [3.63, 3.8) is 0 Å². The number of carbonyl (C=O) groups is 1. The maximum Gasteiger partial charge on any atom is 0.238 e. The molecule has 0 radical (unpaired) electrons. The van der Waals surface area contributed by atoms with Crippen molar-refractivity contribution in [2.75, 3.05) is 36.7 Å². The van der Waals surface area contributed by atoms with Crippen LogP contribution >= 0.6 is 23.4 Å². The number of thioether (sulfide) groups is 1. The number of hydrogen-bond acceptors (Lipinski definition) is 4. The molecule has 0 saturated heterocycles. The van der Waals surface area contributed by atoms with Crippen LogP contribution in [0.5, 0.6) is 0 Å². The van der Waals surface area contributed by atoms with E-state index in [0.29, 0.717) is 29.0 Å². The van der Waals surface area contributed by atoms with E-state index >= 15 is 0 Å². The van der Waals surface area contributed by atoms with Gasteiger partial charge in [-0.2, -0.15) is 11.8 Å². The van der Waals surface area contributed by atoms with Crippen LogP contribution in [0, 0.1) is 0 Å². The first-order valence-corrected chi connectivity index (χ1v) is 8.29. The molecule has 0 aliphatic heterocycles. The molecule has 0 fully saturated rings. The van der Waals surface area contributed by atoms with Gasteiger partial charge in [-0.25, -0.2) is 0 Å². The molecule has 1 amide bonds. The standard InChI is InChI=1S/C14H22ClN3OS/c1-4-11(9-20-3)18(2)8-14(19)17-13-7-10(15)5-6-12(13)16/h5-7,11H,4,8-9,16H2,1-3H3,(H,17,19). The summed E-state index contributed by atoms with van der Waals surface area (Å²) < 4.78 is 0. The van der Waals surface area contributed by atoms with Crippen LogP contribution in [-0.4, -0.2) is 42.4 Å². The van der Waals surface area contributed by atoms with Gasteiger partial charge in [-0.15, -0.1) is 0 Å². The number of nitrogens with two attached hydrogens (primary N) is 1. The Balaban J connectivity index is 2.60. The lowest BCUT2D eigenvalue weighted by atomic mass is 10.2. The fourth-order valence-electron chi connectivity index (χ4n) is 1.93. The number of nitrogens with one attached hydrogen (secondary N) is 1. The molecule has 0 aromatic heterocycles. The van der Waals surface area contributed by atoms with Gasteiger partial charge in [0, 0.05) is 16.8 Å². The van der Waals surface area contributed by atoms with E-state index in [2.05, 4.69) is 23.4 Å². The highest BCUT2D eigenvalue weighted by molar-refractivity contribution is 7.98. The summed E-state index contributed by atoms with van der Waals surface area (Å²) in [4.78, 5) is 14.1. The minimum absolute atomic E-state index is 0.0824. The number of amides is 1. The van der Waals surface area contributed by atoms with Gasteiger partial charge >= 0.3 is 0 Å². The number of anilines is 2. The van der Waals surface area contributed by atoms with Crippen molar-refractivity contribution >= 4 is 40.6 Å². The highest BCUT2D eigenvalue weighted by Gasteiger charge is 2.15. The Morgan fingerprint density at radius 3 is 2.85 bits per heavy atom. The predicted octanol–water partition coefficient (Wildman–Crippen LogP) is 2.93. The Bertz CT molecular complexity index is 456. The van der Waals surface area contributed by atoms with E-state index in [-0.39, 0.29) is 5.91 Å². The first kappa shape index (κ1) is 17.1. The first-order chi connectivity index (χ1) is 9.47. The van der Waals surface area contributed by atoms with Crippen LogP contribution in [0.2, 0.25) is 5.02 Å². The summed E-state index contributed by atoms with van der Waals surface area (Å²) >= 11 is 7.69. The molecule has 20 heavy (non-hydrogen) atoms. The third-order valence-electron chi connectivity index (χ3n) is 3.14. The lowest BCUT2D eigenvalue weighted by Crippen LogP contribution is -2.39. The number of rotatable bonds is 7. The summed E-state index contributed by atoms with van der Waals surface area (Å²) in [7, 11) is 1.96. The van der Waals surface area contributed by atoms with Crippen molar-refractivity contribution in [1.82, 2.24) is 4.90 Å². The van der Waals surface area contributed by atoms with Crippen molar-refractivity contribution in [2.24, 2.45) is 0 Å². The fraction of sp³-hybridized carbons (Fsp3) is 0.500. The predicted molar refractivity (Wildman–Crippen MR) is 89.6 cm³/mol. The molecule has 0 bridgehead atoms. The van der Waals surface area contributed by atoms with Gasteiger partial charge in [0.1, 0.15) is 0 Å². The first-order valence-electron chi connectivity index (χ1n) is 6.52. The van der Waals surface area contributed by atoms with Gasteiger partial charge in [0.2, 0.25) is 5.91 Å². The van der Waals surface area contributed by atoms with Crippen LogP contribution in [0.4, 0.5) is 11.4 Å². The molecule has 4 nitrogen and oxygen atoms in total. The smallest absolute Gasteiger partial charge is 0.238 e. The molecule has 1 unspecified atom stereocenters. The summed E-state index contributed by atoms with van der Waals surface area (Å²) in [5, 5.41) is 3.36. The van der Waals surface area contributed by atoms with E-state index in [1.54, 1.807) is 30.0 Å². The highest BCUT2D eigenvalue weighted by Crippen LogP contribution is 2.22. The second-order valence-electron chi connectivity index (χ2n) is 4.71. The summed E-state index contributed by atoms with van der Waals surface area (Å²) in [5.74, 6) is 0.931. The van der Waals surface area contributed by atoms with E-state index < -0.39 is 0 Å². The molecule has 0 aliphatic carbocycles. The second-order valence-corrected chi connectivity index (χ2v) is 6.06. The molecule has 0 saturated carbocycles. The number of likely N-dealkylation sites (N-methyl/N-ethyl adjacent to an activating group) is 1. The molecule has 1 rings (SSSR count). The molecular weight excluding hydrogens is 294 g/mol. The number of halogens is 1. The Kier molecular flexibility index (Phi) is 7.19. The van der Waals surface area contributed by atoms with Crippen molar-refractivity contribution in [1.29, 1.82) is 0 Å². The number of benzene rings is 1. The molecule has 1 atom stereocenters. The summed E-state index contributed by atoms with van der Waals surface area (Å²) in [6.07, 6.45) is 3.09. The van der Waals surface area contributed by atoms with Crippen molar-refractivity contribution in [3.8, 4) is 0 Å². The molecular formula is C14H22ClN3OS. The van der Waals surface area contributed by atoms with E-state index in [0.717, 1.165) is 12.2 Å². The minimum Gasteiger partial charge on any atom is -0.397 e. The van der Waals surface area contributed by atoms with Gasteiger partial charge in [0.25, 0.3) is 0 Å². The van der Waals surface area contributed by atoms with E-state index in [4.69, 9.17) is 17.3 Å². The van der Waals surface area contributed by atoms with E-state index in [9.17, 15) is 4.79 Å². The quantitative estimate of drug-likeness (QED) is 0.760. The Hall–Kier alpha value is -0.910. The van der Waals surface area contributed by atoms with E-state index in [1.807, 2.05) is 7.05 Å². The minimum atomic E-state index is -0.0824. The maximum atomic E-state index is 12.1. The monoisotopic (exact) mass is 315 g/mol. The molecule has 0 aliphatic rings. The maximum absolute atomic E-state index is 12.1. The van der Waals surface area contributed by atoms with Gasteiger partial charge in [-0.3, -0.25) is 9.69 Å². The zero-order valence-corrected chi connectivity index (χ0v) is 13.7. The summed E-state index contributed by atoms with van der Waals surface area (Å²) in [6, 6.07) is 5.44. The van der Waals surface area contributed by atoms with Crippen LogP contribution < -0.4 is 11.1 Å². The molecule has 3 N–H and O–H groups in total. The Morgan fingerprint density at radius 1 is 1.55 bits per heavy atom. The molecule has 0 spiro atoms. The SMILES string of the molecule is CCC(CSC)N(C)CC(=O)Nc1cc(Cl)ccc1N. The molecule has 112 valence electrons. The van der Waals surface area contributed by atoms with Crippen LogP contribution in [0.3, 0.4) is 0 Å². The van der Waals surface area contributed by atoms with Gasteiger partial charge in [0.15, 0.2) is 0 Å². The topological polar surface area (TPSA) is 58.4 Å². The van der Waals surface area contributed by atoms with Gasteiger partial charge in [0.05, 0.1) is 17.9 Å². The van der Waals surface area contributed by atoms with Crippen molar-refractivity contribution in [2.45, 2.75) is 19.4 Å². The van der Waals surface area contributed by atoms with Crippen LogP contribution in [0.25, 0.3) is 0 Å². The zero-order valence-electron chi connectivity index (χ0n) is 12.1. The van der Waals surface area contributed by atoms with Gasteiger partial charge < -0.3 is 11.1 Å². The molecule has 6 heteroatoms. The zero-order chi connectivity index (χ0) is 15.1. The lowest BCUT2D eigenvalue weighted by molar-refractivity contribution is -0.117. The Morgan fingerprint density at radius 2 is 2.25 bits per heavy atom. The molecule has 0 heterocycles. The number of nitrogens with zero attached hydrogens (tertiary/aromatic N) is 1. The number of nitrogen functional groups attached to an aromatic ring is 1. The van der Waals surface area contributed by atoms with Crippen molar-refractivity contribution < 1.29 is 4.79 Å². The normalized spacial score (nSPS) is 12.4. The highest BCUT2D eigenvalue weighted by atomic mass is 35.5. The van der Waals surface area contributed by atoms with Crippen LogP contribution in [-0.2, 0) is 4.79 Å². The molecule has 1 aromatic carbocycles. The van der Waals surface area contributed by atoms with E-state index in [1.165, 1.54) is 0 Å². The van der Waals surface area contributed by atoms with Gasteiger partial charge in [-0.1, -0.05) is 18.5 Å². The van der Waals surface area contributed by atoms with Crippen LogP contribution in [0.15, 0.2) is 18.2 Å². The third kappa shape index (κ3) is 5.23. The third-order valence-corrected chi connectivity index (χ3v) is 4.09.